The van der Waals surface area contributed by atoms with E-state index in [0.29, 0.717) is 12.3 Å². The molecule has 1 heterocycles. The summed E-state index contributed by atoms with van der Waals surface area (Å²) in [6.45, 7) is 1.91. The highest BCUT2D eigenvalue weighted by atomic mass is 16.3. The van der Waals surface area contributed by atoms with Crippen LogP contribution in [0.4, 0.5) is 0 Å². The molecule has 3 rings (SSSR count). The highest BCUT2D eigenvalue weighted by molar-refractivity contribution is 5.76. The lowest BCUT2D eigenvalue weighted by molar-refractivity contribution is -0.122. The second-order valence-electron chi connectivity index (χ2n) is 6.00. The van der Waals surface area contributed by atoms with Crippen molar-refractivity contribution in [2.24, 2.45) is 5.92 Å². The van der Waals surface area contributed by atoms with Crippen LogP contribution in [0.25, 0.3) is 11.1 Å². The van der Waals surface area contributed by atoms with Crippen molar-refractivity contribution < 1.29 is 9.21 Å². The summed E-state index contributed by atoms with van der Waals surface area (Å²) in [4.78, 5) is 16.4. The third-order valence-electron chi connectivity index (χ3n) is 4.31. The minimum atomic E-state index is -0.187. The van der Waals surface area contributed by atoms with Gasteiger partial charge in [0.2, 0.25) is 11.8 Å². The first-order valence-corrected chi connectivity index (χ1v) is 7.87. The maximum Gasteiger partial charge on any atom is 0.220 e. The van der Waals surface area contributed by atoms with Crippen LogP contribution in [0.5, 0.6) is 0 Å². The van der Waals surface area contributed by atoms with Gasteiger partial charge >= 0.3 is 0 Å². The molecule has 0 aliphatic heterocycles. The predicted octanol–water partition coefficient (Wildman–Crippen LogP) is 3.98. The second kappa shape index (κ2) is 6.29. The van der Waals surface area contributed by atoms with Crippen molar-refractivity contribution in [3.63, 3.8) is 0 Å². The lowest BCUT2D eigenvalue weighted by atomic mass is 10.0. The van der Waals surface area contributed by atoms with Gasteiger partial charge in [-0.25, -0.2) is 4.98 Å². The molecule has 1 N–H and O–H groups in total. The van der Waals surface area contributed by atoms with Gasteiger partial charge in [0.1, 0.15) is 11.6 Å². The number of carbonyl (C=O) groups excluding carboxylic acids is 1. The number of benzene rings is 1. The first-order chi connectivity index (χ1) is 10.2. The minimum absolute atomic E-state index is 0.0941. The molecule has 0 bridgehead atoms. The molecule has 1 amide bonds. The summed E-state index contributed by atoms with van der Waals surface area (Å²) in [6.07, 6.45) is 6.83. The third-order valence-corrected chi connectivity index (χ3v) is 4.31. The first kappa shape index (κ1) is 14.1. The number of nitrogens with one attached hydrogen (secondary N) is 1. The standard InChI is InChI=1S/C17H22N2O2/c1-12(17-19-14-8-4-5-9-15(14)21-17)18-16(20)11-10-13-6-2-3-7-13/h4-5,8-9,12-13H,2-3,6-7,10-11H2,1H3,(H,18,20). The largest absolute Gasteiger partial charge is 0.438 e. The van der Waals surface area contributed by atoms with Crippen molar-refractivity contribution in [1.82, 2.24) is 10.3 Å². The molecule has 1 aliphatic rings. The molecule has 0 saturated heterocycles. The number of fused-ring (bicyclic) bond motifs is 1. The quantitative estimate of drug-likeness (QED) is 0.904. The van der Waals surface area contributed by atoms with Gasteiger partial charge in [-0.2, -0.15) is 0 Å². The van der Waals surface area contributed by atoms with Gasteiger partial charge in [0.05, 0.1) is 0 Å². The molecular weight excluding hydrogens is 264 g/mol. The number of oxazole rings is 1. The van der Waals surface area contributed by atoms with Crippen molar-refractivity contribution in [3.8, 4) is 0 Å². The Balaban J connectivity index is 1.54. The zero-order chi connectivity index (χ0) is 14.7. The number of nitrogens with zero attached hydrogens (tertiary/aromatic N) is 1. The fourth-order valence-electron chi connectivity index (χ4n) is 3.08. The van der Waals surface area contributed by atoms with Gasteiger partial charge < -0.3 is 9.73 Å². The van der Waals surface area contributed by atoms with Gasteiger partial charge in [-0.1, -0.05) is 37.8 Å². The van der Waals surface area contributed by atoms with Crippen LogP contribution in [-0.4, -0.2) is 10.9 Å². The minimum Gasteiger partial charge on any atom is -0.438 e. The number of para-hydroxylation sites is 2. The SMILES string of the molecule is CC(NC(=O)CCC1CCCC1)c1nc2ccccc2o1. The van der Waals surface area contributed by atoms with Crippen LogP contribution in [0.1, 0.15) is 57.4 Å². The van der Waals surface area contributed by atoms with Gasteiger partial charge in [-0.3, -0.25) is 4.79 Å². The molecule has 1 saturated carbocycles. The number of rotatable bonds is 5. The summed E-state index contributed by atoms with van der Waals surface area (Å²) in [5.41, 5.74) is 1.60. The van der Waals surface area contributed by atoms with E-state index >= 15 is 0 Å². The van der Waals surface area contributed by atoms with Gasteiger partial charge in [0, 0.05) is 6.42 Å². The zero-order valence-electron chi connectivity index (χ0n) is 12.5. The molecule has 1 atom stereocenters. The van der Waals surface area contributed by atoms with E-state index in [0.717, 1.165) is 23.4 Å². The van der Waals surface area contributed by atoms with Crippen molar-refractivity contribution in [2.75, 3.05) is 0 Å². The third kappa shape index (κ3) is 3.43. The van der Waals surface area contributed by atoms with Gasteiger partial charge in [0.15, 0.2) is 5.58 Å². The Bertz CT molecular complexity index is 581. The molecular formula is C17H22N2O2. The van der Waals surface area contributed by atoms with Crippen LogP contribution in [0.3, 0.4) is 0 Å². The average molecular weight is 286 g/mol. The highest BCUT2D eigenvalue weighted by Crippen LogP contribution is 2.28. The second-order valence-corrected chi connectivity index (χ2v) is 6.00. The number of hydrogen-bond donors (Lipinski definition) is 1. The maximum absolute atomic E-state index is 12.0. The van der Waals surface area contributed by atoms with Gasteiger partial charge in [-0.05, 0) is 31.4 Å². The summed E-state index contributed by atoms with van der Waals surface area (Å²) >= 11 is 0. The summed E-state index contributed by atoms with van der Waals surface area (Å²) in [7, 11) is 0. The molecule has 4 nitrogen and oxygen atoms in total. The summed E-state index contributed by atoms with van der Waals surface area (Å²) in [5.74, 6) is 1.41. The summed E-state index contributed by atoms with van der Waals surface area (Å²) in [5, 5.41) is 2.99. The Kier molecular flexibility index (Phi) is 4.23. The molecule has 21 heavy (non-hydrogen) atoms. The molecule has 1 unspecified atom stereocenters. The lowest BCUT2D eigenvalue weighted by Crippen LogP contribution is -2.26. The normalized spacial score (nSPS) is 17.2. The molecule has 1 aromatic carbocycles. The molecule has 4 heteroatoms. The van der Waals surface area contributed by atoms with E-state index in [1.807, 2.05) is 31.2 Å². The molecule has 0 radical (unpaired) electrons. The van der Waals surface area contributed by atoms with Gasteiger partial charge in [0.25, 0.3) is 0 Å². The average Bonchev–Trinajstić information content (AvgIpc) is 3.14. The fourth-order valence-corrected chi connectivity index (χ4v) is 3.08. The summed E-state index contributed by atoms with van der Waals surface area (Å²) in [6, 6.07) is 7.47. The van der Waals surface area contributed by atoms with Crippen molar-refractivity contribution >= 4 is 17.0 Å². The van der Waals surface area contributed by atoms with E-state index < -0.39 is 0 Å². The van der Waals surface area contributed by atoms with E-state index in [4.69, 9.17) is 4.42 Å². The molecule has 1 aromatic heterocycles. The molecule has 1 fully saturated rings. The van der Waals surface area contributed by atoms with Crippen LogP contribution >= 0.6 is 0 Å². The smallest absolute Gasteiger partial charge is 0.220 e. The van der Waals surface area contributed by atoms with Crippen LogP contribution in [0, 0.1) is 5.92 Å². The predicted molar refractivity (Wildman–Crippen MR) is 81.8 cm³/mol. The maximum atomic E-state index is 12.0. The molecule has 2 aromatic rings. The molecule has 0 spiro atoms. The van der Waals surface area contributed by atoms with Crippen LogP contribution < -0.4 is 5.32 Å². The monoisotopic (exact) mass is 286 g/mol. The van der Waals surface area contributed by atoms with Gasteiger partial charge in [-0.15, -0.1) is 0 Å². The Labute approximate surface area is 124 Å². The fraction of sp³-hybridized carbons (Fsp3) is 0.529. The number of hydrogen-bond acceptors (Lipinski definition) is 3. The van der Waals surface area contributed by atoms with E-state index in [-0.39, 0.29) is 11.9 Å². The van der Waals surface area contributed by atoms with E-state index in [1.165, 1.54) is 25.7 Å². The van der Waals surface area contributed by atoms with E-state index in [1.54, 1.807) is 0 Å². The number of amides is 1. The van der Waals surface area contributed by atoms with E-state index in [2.05, 4.69) is 10.3 Å². The molecule has 1 aliphatic carbocycles. The Morgan fingerprint density at radius 2 is 2.14 bits per heavy atom. The topological polar surface area (TPSA) is 55.1 Å². The Morgan fingerprint density at radius 3 is 2.90 bits per heavy atom. The summed E-state index contributed by atoms with van der Waals surface area (Å²) < 4.78 is 5.68. The van der Waals surface area contributed by atoms with Crippen LogP contribution in [-0.2, 0) is 4.79 Å². The number of carbonyl (C=O) groups is 1. The van der Waals surface area contributed by atoms with E-state index in [9.17, 15) is 4.79 Å². The van der Waals surface area contributed by atoms with Crippen molar-refractivity contribution in [3.05, 3.63) is 30.2 Å². The Morgan fingerprint density at radius 1 is 1.38 bits per heavy atom. The van der Waals surface area contributed by atoms with Crippen LogP contribution in [0.15, 0.2) is 28.7 Å². The van der Waals surface area contributed by atoms with Crippen LogP contribution in [0.2, 0.25) is 0 Å². The zero-order valence-corrected chi connectivity index (χ0v) is 12.5. The molecule has 112 valence electrons. The highest BCUT2D eigenvalue weighted by Gasteiger charge is 2.19. The van der Waals surface area contributed by atoms with Crippen molar-refractivity contribution in [1.29, 1.82) is 0 Å². The van der Waals surface area contributed by atoms with Crippen molar-refractivity contribution in [2.45, 2.75) is 51.5 Å². The Hall–Kier alpha value is -1.84. The number of aromatic nitrogens is 1. The first-order valence-electron chi connectivity index (χ1n) is 7.87. The lowest BCUT2D eigenvalue weighted by Gasteiger charge is -2.12.